The molecule has 0 radical (unpaired) electrons. The van der Waals surface area contributed by atoms with E-state index in [4.69, 9.17) is 5.73 Å². The van der Waals surface area contributed by atoms with E-state index in [0.29, 0.717) is 12.0 Å². The molecule has 0 aromatic carbocycles. The van der Waals surface area contributed by atoms with Gasteiger partial charge < -0.3 is 11.1 Å². The number of hydrogen-bond acceptors (Lipinski definition) is 2. The molecule has 1 aromatic heterocycles. The van der Waals surface area contributed by atoms with E-state index in [2.05, 4.69) is 28.7 Å². The highest BCUT2D eigenvalue weighted by atomic mass is 32.1. The van der Waals surface area contributed by atoms with Crippen molar-refractivity contribution < 1.29 is 0 Å². The molecule has 4 heteroatoms. The van der Waals surface area contributed by atoms with Gasteiger partial charge in [0.05, 0.1) is 12.1 Å². The van der Waals surface area contributed by atoms with Gasteiger partial charge in [-0.1, -0.05) is 6.07 Å². The molecule has 1 saturated carbocycles. The highest BCUT2D eigenvalue weighted by Crippen LogP contribution is 2.23. The largest absolute Gasteiger partial charge is 0.370 e. The zero-order valence-corrected chi connectivity index (χ0v) is 9.05. The minimum absolute atomic E-state index is 0.262. The van der Waals surface area contributed by atoms with Crippen LogP contribution in [-0.2, 0) is 0 Å². The van der Waals surface area contributed by atoms with Gasteiger partial charge in [0.1, 0.15) is 0 Å². The molecule has 0 amide bonds. The maximum Gasteiger partial charge on any atom is 0.189 e. The molecule has 2 rings (SSSR count). The first-order chi connectivity index (χ1) is 6.75. The number of nitrogens with zero attached hydrogens (tertiary/aromatic N) is 1. The Balaban J connectivity index is 1.90. The highest BCUT2D eigenvalue weighted by Gasteiger charge is 2.20. The summed E-state index contributed by atoms with van der Waals surface area (Å²) in [4.78, 5) is 5.62. The Hall–Kier alpha value is -1.03. The third kappa shape index (κ3) is 2.48. The van der Waals surface area contributed by atoms with Crippen molar-refractivity contribution in [3.8, 4) is 0 Å². The van der Waals surface area contributed by atoms with E-state index in [1.165, 1.54) is 17.7 Å². The molecule has 1 heterocycles. The Morgan fingerprint density at radius 2 is 2.50 bits per heavy atom. The van der Waals surface area contributed by atoms with Gasteiger partial charge in [-0.3, -0.25) is 4.99 Å². The number of thiophene rings is 1. The van der Waals surface area contributed by atoms with Gasteiger partial charge in [-0.05, 0) is 31.2 Å². The second-order valence-electron chi connectivity index (χ2n) is 3.63. The van der Waals surface area contributed by atoms with Crippen molar-refractivity contribution >= 4 is 17.3 Å². The zero-order chi connectivity index (χ0) is 9.97. The normalized spacial score (nSPS) is 19.4. The van der Waals surface area contributed by atoms with Crippen molar-refractivity contribution in [2.45, 2.75) is 31.8 Å². The molecule has 0 aliphatic heterocycles. The van der Waals surface area contributed by atoms with Crippen molar-refractivity contribution in [2.24, 2.45) is 10.7 Å². The molecular formula is C10H15N3S. The van der Waals surface area contributed by atoms with Crippen molar-refractivity contribution in [3.05, 3.63) is 22.4 Å². The van der Waals surface area contributed by atoms with Gasteiger partial charge in [0, 0.05) is 4.88 Å². The number of nitrogens with two attached hydrogens (primary N) is 1. The fourth-order valence-electron chi connectivity index (χ4n) is 1.27. The standard InChI is InChI=1S/C10H15N3S/c1-7(9-3-2-6-14-9)12-10(11)13-8-4-5-8/h2-3,6-8H,4-5H2,1H3,(H3,11,12,13). The van der Waals surface area contributed by atoms with Gasteiger partial charge in [-0.15, -0.1) is 11.3 Å². The molecule has 1 unspecified atom stereocenters. The maximum absolute atomic E-state index is 5.77. The van der Waals surface area contributed by atoms with Gasteiger partial charge in [0.15, 0.2) is 5.96 Å². The number of hydrogen-bond donors (Lipinski definition) is 2. The lowest BCUT2D eigenvalue weighted by Gasteiger charge is -2.12. The van der Waals surface area contributed by atoms with Crippen LogP contribution < -0.4 is 11.1 Å². The summed E-state index contributed by atoms with van der Waals surface area (Å²) < 4.78 is 0. The summed E-state index contributed by atoms with van der Waals surface area (Å²) in [5.74, 6) is 0.577. The number of aliphatic imine (C=N–C) groups is 1. The molecule has 0 saturated heterocycles. The van der Waals surface area contributed by atoms with E-state index in [1.54, 1.807) is 11.3 Å². The van der Waals surface area contributed by atoms with Crippen molar-refractivity contribution in [1.29, 1.82) is 0 Å². The number of nitrogens with one attached hydrogen (secondary N) is 1. The summed E-state index contributed by atoms with van der Waals surface area (Å²) in [6, 6.07) is 4.90. The Kier molecular flexibility index (Phi) is 2.72. The van der Waals surface area contributed by atoms with Crippen molar-refractivity contribution in [1.82, 2.24) is 5.32 Å². The lowest BCUT2D eigenvalue weighted by atomic mass is 10.3. The summed E-state index contributed by atoms with van der Waals surface area (Å²) in [6.45, 7) is 2.10. The first-order valence-corrected chi connectivity index (χ1v) is 5.77. The topological polar surface area (TPSA) is 50.4 Å². The Bertz CT molecular complexity index is 314. The van der Waals surface area contributed by atoms with Crippen LogP contribution in [0.2, 0.25) is 0 Å². The Morgan fingerprint density at radius 1 is 1.71 bits per heavy atom. The molecule has 1 aliphatic rings. The third-order valence-electron chi connectivity index (χ3n) is 2.20. The lowest BCUT2D eigenvalue weighted by Crippen LogP contribution is -2.33. The summed E-state index contributed by atoms with van der Waals surface area (Å²) in [5.41, 5.74) is 5.77. The van der Waals surface area contributed by atoms with Gasteiger partial charge in [0.25, 0.3) is 0 Å². The van der Waals surface area contributed by atoms with Crippen molar-refractivity contribution in [2.75, 3.05) is 0 Å². The van der Waals surface area contributed by atoms with E-state index in [9.17, 15) is 0 Å². The second kappa shape index (κ2) is 4.00. The van der Waals surface area contributed by atoms with Gasteiger partial charge in [-0.2, -0.15) is 0 Å². The highest BCUT2D eigenvalue weighted by molar-refractivity contribution is 7.10. The SMILES string of the molecule is CC(NC(N)=NC1CC1)c1cccs1. The Morgan fingerprint density at radius 3 is 3.07 bits per heavy atom. The molecule has 0 spiro atoms. The minimum atomic E-state index is 0.262. The molecule has 3 nitrogen and oxygen atoms in total. The first kappa shape index (κ1) is 9.52. The zero-order valence-electron chi connectivity index (χ0n) is 8.23. The molecule has 14 heavy (non-hydrogen) atoms. The molecule has 1 atom stereocenters. The summed E-state index contributed by atoms with van der Waals surface area (Å²) in [5, 5.41) is 5.26. The Labute approximate surface area is 88.0 Å². The van der Waals surface area contributed by atoms with Crippen LogP contribution in [0.3, 0.4) is 0 Å². The second-order valence-corrected chi connectivity index (χ2v) is 4.61. The molecular weight excluding hydrogens is 194 g/mol. The van der Waals surface area contributed by atoms with E-state index < -0.39 is 0 Å². The van der Waals surface area contributed by atoms with Gasteiger partial charge in [0.2, 0.25) is 0 Å². The predicted molar refractivity (Wildman–Crippen MR) is 60.5 cm³/mol. The average Bonchev–Trinajstić information content (AvgIpc) is 2.80. The van der Waals surface area contributed by atoms with E-state index in [0.717, 1.165) is 0 Å². The first-order valence-electron chi connectivity index (χ1n) is 4.89. The smallest absolute Gasteiger partial charge is 0.189 e. The molecule has 1 aromatic rings. The maximum atomic E-state index is 5.77. The van der Waals surface area contributed by atoms with E-state index in [1.807, 2.05) is 6.07 Å². The van der Waals surface area contributed by atoms with E-state index >= 15 is 0 Å². The van der Waals surface area contributed by atoms with Crippen LogP contribution in [0.1, 0.15) is 30.7 Å². The molecule has 1 aliphatic carbocycles. The van der Waals surface area contributed by atoms with Crippen molar-refractivity contribution in [3.63, 3.8) is 0 Å². The van der Waals surface area contributed by atoms with Crippen LogP contribution in [-0.4, -0.2) is 12.0 Å². The molecule has 1 fully saturated rings. The van der Waals surface area contributed by atoms with Crippen LogP contribution in [0.4, 0.5) is 0 Å². The fourth-order valence-corrected chi connectivity index (χ4v) is 2.00. The number of rotatable bonds is 3. The summed E-state index contributed by atoms with van der Waals surface area (Å²) >= 11 is 1.73. The minimum Gasteiger partial charge on any atom is -0.370 e. The molecule has 76 valence electrons. The number of guanidine groups is 1. The van der Waals surface area contributed by atoms with Crippen LogP contribution >= 0.6 is 11.3 Å². The van der Waals surface area contributed by atoms with Crippen LogP contribution in [0.5, 0.6) is 0 Å². The lowest BCUT2D eigenvalue weighted by molar-refractivity contribution is 0.721. The van der Waals surface area contributed by atoms with Crippen LogP contribution in [0.25, 0.3) is 0 Å². The fraction of sp³-hybridized carbons (Fsp3) is 0.500. The van der Waals surface area contributed by atoms with Crippen LogP contribution in [0, 0.1) is 0 Å². The predicted octanol–water partition coefficient (Wildman–Crippen LogP) is 1.88. The molecule has 0 bridgehead atoms. The van der Waals surface area contributed by atoms with Gasteiger partial charge in [-0.25, -0.2) is 0 Å². The average molecular weight is 209 g/mol. The van der Waals surface area contributed by atoms with Gasteiger partial charge >= 0.3 is 0 Å². The van der Waals surface area contributed by atoms with Crippen LogP contribution in [0.15, 0.2) is 22.5 Å². The quantitative estimate of drug-likeness (QED) is 0.590. The summed E-state index contributed by atoms with van der Waals surface area (Å²) in [6.07, 6.45) is 2.38. The summed E-state index contributed by atoms with van der Waals surface area (Å²) in [7, 11) is 0. The molecule has 3 N–H and O–H groups in total. The van der Waals surface area contributed by atoms with E-state index in [-0.39, 0.29) is 6.04 Å². The monoisotopic (exact) mass is 209 g/mol. The third-order valence-corrected chi connectivity index (χ3v) is 3.26.